The van der Waals surface area contributed by atoms with Crippen molar-refractivity contribution in [1.82, 2.24) is 5.32 Å². The Hall–Kier alpha value is -2.21. The summed E-state index contributed by atoms with van der Waals surface area (Å²) in [5.41, 5.74) is 0.753. The summed E-state index contributed by atoms with van der Waals surface area (Å²) in [4.78, 5) is 23.3. The summed E-state index contributed by atoms with van der Waals surface area (Å²) >= 11 is 0. The highest BCUT2D eigenvalue weighted by atomic mass is 19.1. The van der Waals surface area contributed by atoms with Crippen LogP contribution in [0.15, 0.2) is 36.9 Å². The molecular weight excluding hydrogens is 289 g/mol. The van der Waals surface area contributed by atoms with Crippen molar-refractivity contribution in [3.05, 3.63) is 48.3 Å². The number of amides is 1. The van der Waals surface area contributed by atoms with Crippen molar-refractivity contribution in [2.45, 2.75) is 26.0 Å². The quantitative estimate of drug-likeness (QED) is 0.590. The average Bonchev–Trinajstić information content (AvgIpc) is 2.50. The van der Waals surface area contributed by atoms with Crippen LogP contribution in [0.2, 0.25) is 0 Å². The van der Waals surface area contributed by atoms with Crippen LogP contribution in [0, 0.1) is 5.82 Å². The van der Waals surface area contributed by atoms with Crippen molar-refractivity contribution in [3.63, 3.8) is 0 Å². The van der Waals surface area contributed by atoms with Crippen molar-refractivity contribution in [3.8, 4) is 0 Å². The van der Waals surface area contributed by atoms with E-state index in [4.69, 9.17) is 9.47 Å². The van der Waals surface area contributed by atoms with Gasteiger partial charge < -0.3 is 14.8 Å². The fourth-order valence-corrected chi connectivity index (χ4v) is 1.65. The van der Waals surface area contributed by atoms with Gasteiger partial charge in [-0.3, -0.25) is 4.79 Å². The van der Waals surface area contributed by atoms with E-state index in [1.165, 1.54) is 25.1 Å². The predicted octanol–water partition coefficient (Wildman–Crippen LogP) is 2.14. The fourth-order valence-electron chi connectivity index (χ4n) is 1.65. The number of hydrogen-bond donors (Lipinski definition) is 1. The van der Waals surface area contributed by atoms with E-state index < -0.39 is 24.6 Å². The van der Waals surface area contributed by atoms with Gasteiger partial charge in [0.25, 0.3) is 5.91 Å². The molecule has 1 N–H and O–H groups in total. The van der Waals surface area contributed by atoms with Gasteiger partial charge in [-0.05, 0) is 31.5 Å². The Morgan fingerprint density at radius 2 is 1.95 bits per heavy atom. The lowest BCUT2D eigenvalue weighted by Gasteiger charge is -2.15. The van der Waals surface area contributed by atoms with Crippen molar-refractivity contribution < 1.29 is 23.5 Å². The summed E-state index contributed by atoms with van der Waals surface area (Å²) in [5, 5.41) is 2.66. The molecule has 0 spiro atoms. The molecule has 0 saturated carbocycles. The summed E-state index contributed by atoms with van der Waals surface area (Å²) in [5.74, 6) is -1.41. The lowest BCUT2D eigenvalue weighted by Crippen LogP contribution is -2.33. The van der Waals surface area contributed by atoms with E-state index in [1.807, 2.05) is 0 Å². The lowest BCUT2D eigenvalue weighted by atomic mass is 10.1. The van der Waals surface area contributed by atoms with Crippen LogP contribution in [0.25, 0.3) is 0 Å². The minimum atomic E-state index is -0.764. The molecule has 2 atom stereocenters. The molecule has 0 aliphatic heterocycles. The van der Waals surface area contributed by atoms with Crippen LogP contribution in [0.4, 0.5) is 4.39 Å². The lowest BCUT2D eigenvalue weighted by molar-refractivity contribution is -0.158. The zero-order valence-corrected chi connectivity index (χ0v) is 12.7. The van der Waals surface area contributed by atoms with Gasteiger partial charge in [0.05, 0.1) is 12.6 Å². The number of carbonyl (C=O) groups is 2. The van der Waals surface area contributed by atoms with Gasteiger partial charge in [0.1, 0.15) is 5.82 Å². The van der Waals surface area contributed by atoms with Gasteiger partial charge in [-0.25, -0.2) is 9.18 Å². The molecule has 1 aromatic carbocycles. The highest BCUT2D eigenvalue weighted by Gasteiger charge is 2.17. The molecule has 1 aromatic rings. The van der Waals surface area contributed by atoms with Gasteiger partial charge >= 0.3 is 5.97 Å². The summed E-state index contributed by atoms with van der Waals surface area (Å²) in [7, 11) is 0. The van der Waals surface area contributed by atoms with Crippen molar-refractivity contribution >= 4 is 11.9 Å². The zero-order valence-electron chi connectivity index (χ0n) is 12.7. The van der Waals surface area contributed by atoms with E-state index in [-0.39, 0.29) is 18.5 Å². The standard InChI is InChI=1S/C16H20FNO4/c1-4-9-21-12(3)16(20)22-10-15(19)18-11(2)13-5-7-14(17)8-6-13/h4-8,11-12H,1,9-10H2,2-3H3,(H,18,19). The molecule has 0 saturated heterocycles. The molecule has 0 aromatic heterocycles. The fraction of sp³-hybridized carbons (Fsp3) is 0.375. The minimum absolute atomic E-state index is 0.226. The molecule has 0 bridgehead atoms. The van der Waals surface area contributed by atoms with E-state index in [9.17, 15) is 14.0 Å². The van der Waals surface area contributed by atoms with Crippen molar-refractivity contribution in [2.24, 2.45) is 0 Å². The Balaban J connectivity index is 2.38. The largest absolute Gasteiger partial charge is 0.454 e. The number of carbonyl (C=O) groups excluding carboxylic acids is 2. The number of nitrogens with one attached hydrogen (secondary N) is 1. The van der Waals surface area contributed by atoms with E-state index in [0.717, 1.165) is 5.56 Å². The van der Waals surface area contributed by atoms with Crippen molar-refractivity contribution in [2.75, 3.05) is 13.2 Å². The molecule has 0 aliphatic carbocycles. The number of benzene rings is 1. The molecule has 6 heteroatoms. The first-order chi connectivity index (χ1) is 10.4. The Bertz CT molecular complexity index is 515. The maximum absolute atomic E-state index is 12.8. The first-order valence-electron chi connectivity index (χ1n) is 6.88. The Labute approximate surface area is 129 Å². The first kappa shape index (κ1) is 17.8. The van der Waals surface area contributed by atoms with Gasteiger partial charge in [-0.15, -0.1) is 6.58 Å². The minimum Gasteiger partial charge on any atom is -0.454 e. The van der Waals surface area contributed by atoms with Crippen LogP contribution in [0.1, 0.15) is 25.5 Å². The van der Waals surface area contributed by atoms with Crippen LogP contribution < -0.4 is 5.32 Å². The average molecular weight is 309 g/mol. The monoisotopic (exact) mass is 309 g/mol. The van der Waals surface area contributed by atoms with E-state index >= 15 is 0 Å². The second kappa shape index (κ2) is 8.94. The molecule has 0 aliphatic rings. The second-order valence-electron chi connectivity index (χ2n) is 4.71. The highest BCUT2D eigenvalue weighted by Crippen LogP contribution is 2.12. The van der Waals surface area contributed by atoms with Gasteiger partial charge in [0.2, 0.25) is 0 Å². The van der Waals surface area contributed by atoms with Gasteiger partial charge in [0, 0.05) is 0 Å². The van der Waals surface area contributed by atoms with Crippen LogP contribution in [0.3, 0.4) is 0 Å². The predicted molar refractivity (Wildman–Crippen MR) is 79.5 cm³/mol. The zero-order chi connectivity index (χ0) is 16.5. The third kappa shape index (κ3) is 6.05. The van der Waals surface area contributed by atoms with Crippen LogP contribution in [-0.2, 0) is 19.1 Å². The molecule has 22 heavy (non-hydrogen) atoms. The second-order valence-corrected chi connectivity index (χ2v) is 4.71. The third-order valence-electron chi connectivity index (χ3n) is 2.89. The maximum atomic E-state index is 12.8. The molecule has 2 unspecified atom stereocenters. The Kier molecular flexibility index (Phi) is 7.25. The summed E-state index contributed by atoms with van der Waals surface area (Å²) < 4.78 is 22.8. The highest BCUT2D eigenvalue weighted by molar-refractivity contribution is 5.82. The molecule has 1 rings (SSSR count). The molecule has 1 amide bonds. The SMILES string of the molecule is C=CCOC(C)C(=O)OCC(=O)NC(C)c1ccc(F)cc1. The van der Waals surface area contributed by atoms with E-state index in [1.54, 1.807) is 19.1 Å². The Morgan fingerprint density at radius 1 is 1.32 bits per heavy atom. The summed E-state index contributed by atoms with van der Waals surface area (Å²) in [6.45, 7) is 6.58. The van der Waals surface area contributed by atoms with Crippen LogP contribution >= 0.6 is 0 Å². The van der Waals surface area contributed by atoms with Crippen LogP contribution in [-0.4, -0.2) is 31.2 Å². The summed E-state index contributed by atoms with van der Waals surface area (Å²) in [6.07, 6.45) is 0.751. The molecule has 0 fully saturated rings. The number of esters is 1. The van der Waals surface area contributed by atoms with Gasteiger partial charge in [-0.2, -0.15) is 0 Å². The normalized spacial score (nSPS) is 13.0. The number of ether oxygens (including phenoxy) is 2. The smallest absolute Gasteiger partial charge is 0.335 e. The summed E-state index contributed by atoms with van der Waals surface area (Å²) in [6, 6.07) is 5.48. The molecular formula is C16H20FNO4. The van der Waals surface area contributed by atoms with E-state index in [2.05, 4.69) is 11.9 Å². The number of halogens is 1. The molecule has 0 heterocycles. The van der Waals surface area contributed by atoms with Gasteiger partial charge in [-0.1, -0.05) is 18.2 Å². The molecule has 120 valence electrons. The van der Waals surface area contributed by atoms with Gasteiger partial charge in [0.15, 0.2) is 12.7 Å². The van der Waals surface area contributed by atoms with E-state index in [0.29, 0.717) is 0 Å². The number of rotatable bonds is 8. The van der Waals surface area contributed by atoms with Crippen LogP contribution in [0.5, 0.6) is 0 Å². The topological polar surface area (TPSA) is 64.6 Å². The maximum Gasteiger partial charge on any atom is 0.335 e. The first-order valence-corrected chi connectivity index (χ1v) is 6.88. The number of hydrogen-bond acceptors (Lipinski definition) is 4. The Morgan fingerprint density at radius 3 is 2.55 bits per heavy atom. The molecule has 0 radical (unpaired) electrons. The third-order valence-corrected chi connectivity index (χ3v) is 2.89. The van der Waals surface area contributed by atoms with Crippen molar-refractivity contribution in [1.29, 1.82) is 0 Å². The molecule has 5 nitrogen and oxygen atoms in total.